The summed E-state index contributed by atoms with van der Waals surface area (Å²) in [5.74, 6) is 0.412. The number of aromatic nitrogens is 4. The van der Waals surface area contributed by atoms with Crippen molar-refractivity contribution < 1.29 is 14.2 Å². The zero-order valence-corrected chi connectivity index (χ0v) is 20.9. The largest absolute Gasteiger partial charge is 0.508 e. The Morgan fingerprint density at radius 1 is 1.22 bits per heavy atom. The lowest BCUT2D eigenvalue weighted by molar-refractivity contribution is 0.160. The van der Waals surface area contributed by atoms with Crippen LogP contribution >= 0.6 is 0 Å². The van der Waals surface area contributed by atoms with E-state index in [4.69, 9.17) is 4.74 Å². The highest BCUT2D eigenvalue weighted by Crippen LogP contribution is 2.35. The smallest absolute Gasteiger partial charge is 0.159 e. The number of aryl methyl sites for hydroxylation is 1. The first-order valence-electron chi connectivity index (χ1n) is 12.5. The van der Waals surface area contributed by atoms with E-state index in [1.807, 2.05) is 19.2 Å². The number of benzene rings is 2. The monoisotopic (exact) mass is 489 g/mol. The molecular formula is C28H32FN5O2. The highest BCUT2D eigenvalue weighted by molar-refractivity contribution is 5.95. The number of rotatable bonds is 8. The Labute approximate surface area is 210 Å². The number of imidazole rings is 1. The number of aromatic hydroxyl groups is 1. The fraction of sp³-hybridized carbons (Fsp3) is 0.357. The molecule has 1 atom stereocenters. The van der Waals surface area contributed by atoms with Crippen LogP contribution in [0, 0.1) is 5.82 Å². The minimum Gasteiger partial charge on any atom is -0.508 e. The van der Waals surface area contributed by atoms with Gasteiger partial charge in [0.2, 0.25) is 0 Å². The van der Waals surface area contributed by atoms with Gasteiger partial charge in [-0.1, -0.05) is 25.1 Å². The predicted octanol–water partition coefficient (Wildman–Crippen LogP) is 5.54. The number of phenols is 1. The summed E-state index contributed by atoms with van der Waals surface area (Å²) in [5.41, 5.74) is 5.20. The van der Waals surface area contributed by atoms with Gasteiger partial charge >= 0.3 is 0 Å². The van der Waals surface area contributed by atoms with E-state index in [1.165, 1.54) is 5.57 Å². The minimum absolute atomic E-state index is 0.174. The third-order valence-corrected chi connectivity index (χ3v) is 7.08. The van der Waals surface area contributed by atoms with Crippen LogP contribution in [0.25, 0.3) is 39.1 Å². The van der Waals surface area contributed by atoms with Crippen LogP contribution in [-0.4, -0.2) is 63.0 Å². The van der Waals surface area contributed by atoms with Gasteiger partial charge in [-0.15, -0.1) is 0 Å². The molecule has 188 valence electrons. The van der Waals surface area contributed by atoms with Crippen molar-refractivity contribution in [3.63, 3.8) is 0 Å². The highest BCUT2D eigenvalue weighted by atomic mass is 19.1. The Kier molecular flexibility index (Phi) is 6.89. The zero-order valence-electron chi connectivity index (χ0n) is 20.9. The van der Waals surface area contributed by atoms with E-state index < -0.39 is 5.82 Å². The lowest BCUT2D eigenvalue weighted by Crippen LogP contribution is -2.38. The Balaban J connectivity index is 1.43. The van der Waals surface area contributed by atoms with Gasteiger partial charge in [-0.25, -0.2) is 9.37 Å². The molecule has 0 saturated heterocycles. The van der Waals surface area contributed by atoms with Crippen LogP contribution in [0.4, 0.5) is 4.39 Å². The van der Waals surface area contributed by atoms with Crippen molar-refractivity contribution in [2.75, 3.05) is 26.8 Å². The average Bonchev–Trinajstić information content (AvgIpc) is 3.53. The summed E-state index contributed by atoms with van der Waals surface area (Å²) in [6.07, 6.45) is 6.77. The summed E-state index contributed by atoms with van der Waals surface area (Å²) in [4.78, 5) is 10.5. The first-order chi connectivity index (χ1) is 17.5. The maximum Gasteiger partial charge on any atom is 0.159 e. The number of hydrogen-bond acceptors (Lipinski definition) is 5. The normalized spacial score (nSPS) is 16.6. The van der Waals surface area contributed by atoms with Gasteiger partial charge in [-0.05, 0) is 61.1 Å². The molecule has 2 aromatic carbocycles. The number of fused-ring (bicyclic) bond motifs is 1. The fourth-order valence-corrected chi connectivity index (χ4v) is 4.99. The van der Waals surface area contributed by atoms with Crippen LogP contribution in [0.3, 0.4) is 0 Å². The van der Waals surface area contributed by atoms with Crippen molar-refractivity contribution >= 4 is 16.5 Å². The van der Waals surface area contributed by atoms with Crippen molar-refractivity contribution in [2.24, 2.45) is 0 Å². The molecule has 0 unspecified atom stereocenters. The van der Waals surface area contributed by atoms with Crippen LogP contribution in [0.1, 0.15) is 37.9 Å². The highest BCUT2D eigenvalue weighted by Gasteiger charge is 2.23. The van der Waals surface area contributed by atoms with E-state index >= 15 is 4.39 Å². The quantitative estimate of drug-likeness (QED) is 0.283. The molecule has 0 spiro atoms. The fourth-order valence-electron chi connectivity index (χ4n) is 4.99. The summed E-state index contributed by atoms with van der Waals surface area (Å²) >= 11 is 0. The topological polar surface area (TPSA) is 90.1 Å². The van der Waals surface area contributed by atoms with Crippen LogP contribution in [0.2, 0.25) is 0 Å². The van der Waals surface area contributed by atoms with Crippen molar-refractivity contribution in [3.05, 3.63) is 59.7 Å². The number of nitrogens with zero attached hydrogens (tertiary/aromatic N) is 3. The molecule has 0 fully saturated rings. The molecule has 0 saturated carbocycles. The molecule has 0 amide bonds. The number of aromatic amines is 2. The summed E-state index contributed by atoms with van der Waals surface area (Å²) < 4.78 is 20.8. The van der Waals surface area contributed by atoms with Crippen LogP contribution in [-0.2, 0) is 11.2 Å². The maximum absolute atomic E-state index is 15.6. The number of ether oxygens (including phenoxy) is 1. The van der Waals surface area contributed by atoms with E-state index in [2.05, 4.69) is 38.1 Å². The first kappa shape index (κ1) is 24.2. The molecule has 3 N–H and O–H groups in total. The molecule has 1 aliphatic heterocycles. The summed E-state index contributed by atoms with van der Waals surface area (Å²) in [7, 11) is 1.73. The lowest BCUT2D eigenvalue weighted by Gasteiger charge is -2.33. The molecule has 0 radical (unpaired) electrons. The van der Waals surface area contributed by atoms with Gasteiger partial charge in [0.15, 0.2) is 11.6 Å². The van der Waals surface area contributed by atoms with Crippen molar-refractivity contribution in [3.8, 4) is 28.4 Å². The van der Waals surface area contributed by atoms with Gasteiger partial charge < -0.3 is 14.8 Å². The Morgan fingerprint density at radius 2 is 2.06 bits per heavy atom. The summed E-state index contributed by atoms with van der Waals surface area (Å²) in [5, 5.41) is 17.8. The summed E-state index contributed by atoms with van der Waals surface area (Å²) in [6, 6.07) is 9.15. The van der Waals surface area contributed by atoms with Gasteiger partial charge in [0.1, 0.15) is 17.0 Å². The van der Waals surface area contributed by atoms with Gasteiger partial charge in [0, 0.05) is 43.8 Å². The van der Waals surface area contributed by atoms with Gasteiger partial charge in [-0.2, -0.15) is 5.10 Å². The molecule has 4 aromatic rings. The van der Waals surface area contributed by atoms with Crippen LogP contribution < -0.4 is 0 Å². The Morgan fingerprint density at radius 3 is 2.86 bits per heavy atom. The number of halogens is 1. The molecule has 3 heterocycles. The average molecular weight is 490 g/mol. The molecule has 7 nitrogen and oxygen atoms in total. The van der Waals surface area contributed by atoms with Crippen LogP contribution in [0.15, 0.2) is 42.6 Å². The van der Waals surface area contributed by atoms with E-state index in [-0.39, 0.29) is 11.3 Å². The number of nitrogens with one attached hydrogen (secondary N) is 2. The van der Waals surface area contributed by atoms with E-state index in [9.17, 15) is 5.11 Å². The predicted molar refractivity (Wildman–Crippen MR) is 140 cm³/mol. The number of hydrogen-bond donors (Lipinski definition) is 3. The standard InChI is InChI=1S/C28H32FN5O2/c1-4-18-14-20(35)8-9-21(18)22-10-11-23-26(25(22)29)32-33-27(23)28-30-15-24(31-28)19-7-6-17(2)34(16-19)12-5-13-36-3/h7-11,14-15,17,35H,4-6,12-13,16H2,1-3H3,(H,30,31)(H,32,33)/t17-/m0/s1. The van der Waals surface area contributed by atoms with Crippen molar-refractivity contribution in [1.29, 1.82) is 0 Å². The van der Waals surface area contributed by atoms with Crippen molar-refractivity contribution in [1.82, 2.24) is 25.1 Å². The third kappa shape index (κ3) is 4.54. The molecule has 1 aliphatic rings. The van der Waals surface area contributed by atoms with Gasteiger partial charge in [0.25, 0.3) is 0 Å². The molecule has 2 aromatic heterocycles. The van der Waals surface area contributed by atoms with E-state index in [0.717, 1.165) is 49.4 Å². The molecule has 0 aliphatic carbocycles. The zero-order chi connectivity index (χ0) is 25.2. The second-order valence-electron chi connectivity index (χ2n) is 9.39. The maximum atomic E-state index is 15.6. The number of H-pyrrole nitrogens is 2. The van der Waals surface area contributed by atoms with Gasteiger partial charge in [-0.3, -0.25) is 10.00 Å². The Bertz CT molecular complexity index is 1410. The van der Waals surface area contributed by atoms with E-state index in [1.54, 1.807) is 31.4 Å². The van der Waals surface area contributed by atoms with Crippen LogP contribution in [0.5, 0.6) is 5.75 Å². The number of methoxy groups -OCH3 is 1. The molecule has 5 rings (SSSR count). The third-order valence-electron chi connectivity index (χ3n) is 7.08. The second-order valence-corrected chi connectivity index (χ2v) is 9.39. The second kappa shape index (κ2) is 10.2. The molecule has 8 heteroatoms. The SMILES string of the molecule is CCc1cc(O)ccc1-c1ccc2c(-c3ncc(C4=CC[C@H](C)N(CCCOC)C4)[nH]3)[nH]nc2c1F. The molecule has 36 heavy (non-hydrogen) atoms. The Hall–Kier alpha value is -3.49. The molecular weight excluding hydrogens is 457 g/mol. The molecule has 0 bridgehead atoms. The minimum atomic E-state index is -0.391. The summed E-state index contributed by atoms with van der Waals surface area (Å²) in [6.45, 7) is 6.83. The van der Waals surface area contributed by atoms with E-state index in [0.29, 0.717) is 34.9 Å². The van der Waals surface area contributed by atoms with Crippen molar-refractivity contribution in [2.45, 2.75) is 39.2 Å². The first-order valence-corrected chi connectivity index (χ1v) is 12.5. The van der Waals surface area contributed by atoms with Gasteiger partial charge in [0.05, 0.1) is 11.9 Å². The number of phenolic OH excluding ortho intramolecular Hbond substituents is 1. The lowest BCUT2D eigenvalue weighted by atomic mass is 9.96.